The molecule has 1 fully saturated rings. The molecule has 3 heterocycles. The highest BCUT2D eigenvalue weighted by atomic mass is 19.2. The van der Waals surface area contributed by atoms with Crippen molar-refractivity contribution in [1.29, 1.82) is 0 Å². The Labute approximate surface area is 189 Å². The van der Waals surface area contributed by atoms with Gasteiger partial charge in [0.2, 0.25) is 0 Å². The molecule has 172 valence electrons. The Morgan fingerprint density at radius 3 is 2.76 bits per heavy atom. The van der Waals surface area contributed by atoms with Gasteiger partial charge in [0.05, 0.1) is 36.4 Å². The summed E-state index contributed by atoms with van der Waals surface area (Å²) < 4.78 is 32.6. The van der Waals surface area contributed by atoms with E-state index in [0.29, 0.717) is 47.6 Å². The molecule has 3 aromatic rings. The number of carbonyl (C=O) groups excluding carboxylic acids is 1. The summed E-state index contributed by atoms with van der Waals surface area (Å²) in [5, 5.41) is 10.0. The smallest absolute Gasteiger partial charge is 0.405 e. The molecule has 3 N–H and O–H groups in total. The number of aromatic nitrogens is 2. The van der Waals surface area contributed by atoms with Crippen molar-refractivity contribution in [3.8, 4) is 11.3 Å². The monoisotopic (exact) mass is 454 g/mol. The maximum atomic E-state index is 13.7. The molecule has 1 atom stereocenters. The molecule has 1 amide bonds. The first kappa shape index (κ1) is 22.6. The maximum Gasteiger partial charge on any atom is 0.405 e. The second-order valence-electron chi connectivity index (χ2n) is 8.09. The topological polar surface area (TPSA) is 102 Å². The summed E-state index contributed by atoms with van der Waals surface area (Å²) >= 11 is 0. The number of hydrogen-bond acceptors (Lipinski definition) is 6. The zero-order valence-corrected chi connectivity index (χ0v) is 18.1. The highest BCUT2D eigenvalue weighted by Gasteiger charge is 2.42. The summed E-state index contributed by atoms with van der Waals surface area (Å²) in [6, 6.07) is 10.7. The van der Waals surface area contributed by atoms with Gasteiger partial charge in [0.15, 0.2) is 17.2 Å². The van der Waals surface area contributed by atoms with Crippen LogP contribution in [-0.4, -0.2) is 34.3 Å². The van der Waals surface area contributed by atoms with E-state index in [1.165, 1.54) is 6.07 Å². The van der Waals surface area contributed by atoms with Gasteiger partial charge in [-0.3, -0.25) is 9.97 Å². The lowest BCUT2D eigenvalue weighted by Gasteiger charge is -2.42. The van der Waals surface area contributed by atoms with E-state index < -0.39 is 23.3 Å². The minimum atomic E-state index is -1.05. The van der Waals surface area contributed by atoms with Crippen molar-refractivity contribution in [2.45, 2.75) is 32.0 Å². The van der Waals surface area contributed by atoms with Crippen molar-refractivity contribution in [3.63, 3.8) is 0 Å². The molecule has 1 aliphatic heterocycles. The van der Waals surface area contributed by atoms with Crippen LogP contribution in [0.4, 0.5) is 19.3 Å². The zero-order valence-electron chi connectivity index (χ0n) is 18.1. The molecule has 1 saturated heterocycles. The number of ether oxygens (including phenoxy) is 1. The normalized spacial score (nSPS) is 18.2. The fourth-order valence-electron chi connectivity index (χ4n) is 4.28. The van der Waals surface area contributed by atoms with E-state index in [1.807, 2.05) is 24.0 Å². The first-order valence-corrected chi connectivity index (χ1v) is 10.5. The van der Waals surface area contributed by atoms with E-state index in [4.69, 9.17) is 10.5 Å². The largest absolute Gasteiger partial charge is 0.435 e. The van der Waals surface area contributed by atoms with Gasteiger partial charge in [0.25, 0.3) is 0 Å². The first-order valence-electron chi connectivity index (χ1n) is 10.5. The lowest BCUT2D eigenvalue weighted by molar-refractivity contribution is -0.00182. The number of primary amides is 1. The molecule has 9 heteroatoms. The number of aliphatic hydroxyl groups is 1. The molecular formula is C24H24F2N4O3. The number of piperidine rings is 1. The lowest BCUT2D eigenvalue weighted by atomic mass is 9.88. The molecule has 4 rings (SSSR count). The van der Waals surface area contributed by atoms with E-state index in [-0.39, 0.29) is 13.2 Å². The van der Waals surface area contributed by atoms with Gasteiger partial charge < -0.3 is 20.5 Å². The van der Waals surface area contributed by atoms with Gasteiger partial charge in [-0.1, -0.05) is 6.07 Å². The third kappa shape index (κ3) is 4.63. The number of hydrogen-bond donors (Lipinski definition) is 2. The average Bonchev–Trinajstić information content (AvgIpc) is 2.80. The maximum absolute atomic E-state index is 13.7. The summed E-state index contributed by atoms with van der Waals surface area (Å²) in [6.45, 7) is 2.46. The quantitative estimate of drug-likeness (QED) is 0.608. The Hall–Kier alpha value is -3.59. The molecule has 2 aromatic heterocycles. The van der Waals surface area contributed by atoms with Gasteiger partial charge in [-0.05, 0) is 56.2 Å². The van der Waals surface area contributed by atoms with Crippen LogP contribution >= 0.6 is 0 Å². The number of rotatable bonds is 5. The Bertz CT molecular complexity index is 1190. The summed E-state index contributed by atoms with van der Waals surface area (Å²) in [6.07, 6.45) is 1.90. The Morgan fingerprint density at radius 2 is 2.06 bits per heavy atom. The Morgan fingerprint density at radius 1 is 1.24 bits per heavy atom. The van der Waals surface area contributed by atoms with Crippen molar-refractivity contribution in [2.75, 3.05) is 18.0 Å². The van der Waals surface area contributed by atoms with Crippen molar-refractivity contribution in [3.05, 3.63) is 77.2 Å². The Kier molecular flexibility index (Phi) is 6.24. The van der Waals surface area contributed by atoms with Gasteiger partial charge >= 0.3 is 6.09 Å². The molecule has 7 nitrogen and oxygen atoms in total. The predicted octanol–water partition coefficient (Wildman–Crippen LogP) is 3.81. The lowest BCUT2D eigenvalue weighted by Crippen LogP contribution is -2.50. The van der Waals surface area contributed by atoms with Crippen molar-refractivity contribution < 1.29 is 23.4 Å². The third-order valence-corrected chi connectivity index (χ3v) is 5.80. The van der Waals surface area contributed by atoms with Crippen molar-refractivity contribution in [2.24, 2.45) is 5.73 Å². The van der Waals surface area contributed by atoms with Crippen LogP contribution in [0.3, 0.4) is 0 Å². The summed E-state index contributed by atoms with van der Waals surface area (Å²) in [5.74, 6) is -1.92. The van der Waals surface area contributed by atoms with Crippen LogP contribution in [0.25, 0.3) is 11.3 Å². The number of benzene rings is 1. The third-order valence-electron chi connectivity index (χ3n) is 5.80. The Balaban J connectivity index is 1.70. The van der Waals surface area contributed by atoms with Crippen LogP contribution in [0, 0.1) is 18.6 Å². The standard InChI is InChI=1S/C24H24F2N4O3/c1-15-4-2-5-22(29-15)24(33-23(27)32)8-3-9-30(14-24)21-12-28-20(11-17(21)13-31)16-6-7-18(25)19(26)10-16/h2,4-7,10-12,31H,3,8-9,13-14H2,1H3,(H2,27,32). The second-order valence-corrected chi connectivity index (χ2v) is 8.09. The number of nitrogens with two attached hydrogens (primary N) is 1. The van der Waals surface area contributed by atoms with E-state index in [0.717, 1.165) is 17.8 Å². The van der Waals surface area contributed by atoms with Gasteiger partial charge in [-0.15, -0.1) is 0 Å². The number of amides is 1. The van der Waals surface area contributed by atoms with Gasteiger partial charge in [0, 0.05) is 23.4 Å². The summed E-state index contributed by atoms with van der Waals surface area (Å²) in [4.78, 5) is 22.7. The summed E-state index contributed by atoms with van der Waals surface area (Å²) in [7, 11) is 0. The highest BCUT2D eigenvalue weighted by molar-refractivity contribution is 5.67. The molecule has 0 spiro atoms. The minimum Gasteiger partial charge on any atom is -0.435 e. The molecule has 0 bridgehead atoms. The SMILES string of the molecule is Cc1cccc(C2(OC(N)=O)CCCN(c3cnc(-c4ccc(F)c(F)c4)cc3CO)C2)n1. The number of anilines is 1. The van der Waals surface area contributed by atoms with Crippen LogP contribution in [0.15, 0.2) is 48.7 Å². The highest BCUT2D eigenvalue weighted by Crippen LogP contribution is 2.38. The van der Waals surface area contributed by atoms with Crippen LogP contribution in [0.2, 0.25) is 0 Å². The minimum absolute atomic E-state index is 0.269. The van der Waals surface area contributed by atoms with Crippen LogP contribution in [-0.2, 0) is 16.9 Å². The van der Waals surface area contributed by atoms with Crippen LogP contribution < -0.4 is 10.6 Å². The summed E-state index contributed by atoms with van der Waals surface area (Å²) in [5.41, 5.74) is 7.74. The van der Waals surface area contributed by atoms with Crippen molar-refractivity contribution in [1.82, 2.24) is 9.97 Å². The number of carbonyl (C=O) groups is 1. The van der Waals surface area contributed by atoms with Gasteiger partial charge in [0.1, 0.15) is 0 Å². The average molecular weight is 454 g/mol. The number of aryl methyl sites for hydroxylation is 1. The first-order chi connectivity index (χ1) is 15.8. The molecule has 0 aliphatic carbocycles. The van der Waals surface area contributed by atoms with Crippen LogP contribution in [0.5, 0.6) is 0 Å². The zero-order chi connectivity index (χ0) is 23.6. The molecule has 1 aromatic carbocycles. The number of halogens is 2. The molecule has 1 unspecified atom stereocenters. The predicted molar refractivity (Wildman–Crippen MR) is 118 cm³/mol. The number of aliphatic hydroxyl groups excluding tert-OH is 1. The fraction of sp³-hybridized carbons (Fsp3) is 0.292. The van der Waals surface area contributed by atoms with E-state index in [2.05, 4.69) is 9.97 Å². The van der Waals surface area contributed by atoms with Crippen molar-refractivity contribution >= 4 is 11.8 Å². The molecule has 1 aliphatic rings. The number of nitrogens with zero attached hydrogens (tertiary/aromatic N) is 3. The molecule has 0 radical (unpaired) electrons. The molecular weight excluding hydrogens is 430 g/mol. The number of pyridine rings is 2. The second kappa shape index (κ2) is 9.11. The van der Waals surface area contributed by atoms with E-state index in [1.54, 1.807) is 18.3 Å². The molecule has 33 heavy (non-hydrogen) atoms. The molecule has 0 saturated carbocycles. The fourth-order valence-corrected chi connectivity index (χ4v) is 4.28. The van der Waals surface area contributed by atoms with Gasteiger partial charge in [-0.25, -0.2) is 13.6 Å². The van der Waals surface area contributed by atoms with E-state index in [9.17, 15) is 18.7 Å². The van der Waals surface area contributed by atoms with Gasteiger partial charge in [-0.2, -0.15) is 0 Å². The van der Waals surface area contributed by atoms with Crippen LogP contribution in [0.1, 0.15) is 29.8 Å². The van der Waals surface area contributed by atoms with E-state index >= 15 is 0 Å².